The molecule has 0 saturated heterocycles. The van der Waals surface area contributed by atoms with Crippen LogP contribution in [0.4, 0.5) is 0 Å². The highest BCUT2D eigenvalue weighted by molar-refractivity contribution is 5.81. The van der Waals surface area contributed by atoms with Gasteiger partial charge in [-0.15, -0.1) is 0 Å². The molecule has 0 N–H and O–H groups in total. The number of rotatable bonds is 1. The predicted molar refractivity (Wildman–Crippen MR) is 46.1 cm³/mol. The van der Waals surface area contributed by atoms with Crippen molar-refractivity contribution in [2.24, 2.45) is 0 Å². The molecule has 0 radical (unpaired) electrons. The lowest BCUT2D eigenvalue weighted by Crippen LogP contribution is -1.87. The molecule has 2 aromatic rings. The summed E-state index contributed by atoms with van der Waals surface area (Å²) in [6, 6.07) is 5.63. The summed E-state index contributed by atoms with van der Waals surface area (Å²) in [6.45, 7) is 0. The van der Waals surface area contributed by atoms with Crippen LogP contribution in [0.3, 0.4) is 0 Å². The molecular formula is C9H8N2O. The minimum Gasteiger partial charge on any atom is -0.496 e. The van der Waals surface area contributed by atoms with Gasteiger partial charge < -0.3 is 4.74 Å². The van der Waals surface area contributed by atoms with Crippen LogP contribution in [0.2, 0.25) is 0 Å². The molecule has 12 heavy (non-hydrogen) atoms. The van der Waals surface area contributed by atoms with Crippen molar-refractivity contribution in [3.8, 4) is 5.75 Å². The van der Waals surface area contributed by atoms with Crippen LogP contribution < -0.4 is 4.74 Å². The number of hydrogen-bond donors (Lipinski definition) is 0. The Morgan fingerprint density at radius 3 is 2.83 bits per heavy atom. The topological polar surface area (TPSA) is 35.0 Å². The number of ether oxygens (including phenoxy) is 1. The molecule has 0 spiro atoms. The largest absolute Gasteiger partial charge is 0.496 e. The molecule has 2 heterocycles. The van der Waals surface area contributed by atoms with Crippen LogP contribution >= 0.6 is 0 Å². The maximum Gasteiger partial charge on any atom is 0.162 e. The van der Waals surface area contributed by atoms with Crippen molar-refractivity contribution in [1.29, 1.82) is 0 Å². The van der Waals surface area contributed by atoms with E-state index in [1.807, 2.05) is 18.2 Å². The molecule has 0 saturated carbocycles. The Bertz CT molecular complexity index is 395. The number of methoxy groups -OCH3 is 1. The van der Waals surface area contributed by atoms with Crippen molar-refractivity contribution in [2.45, 2.75) is 0 Å². The third kappa shape index (κ3) is 0.993. The molecule has 0 unspecified atom stereocenters. The third-order valence-electron chi connectivity index (χ3n) is 1.69. The van der Waals surface area contributed by atoms with Gasteiger partial charge in [-0.05, 0) is 18.2 Å². The summed E-state index contributed by atoms with van der Waals surface area (Å²) in [6.07, 6.45) is 3.41. The first-order chi connectivity index (χ1) is 5.92. The van der Waals surface area contributed by atoms with Crippen LogP contribution in [-0.4, -0.2) is 17.1 Å². The van der Waals surface area contributed by atoms with Gasteiger partial charge in [0.25, 0.3) is 0 Å². The summed E-state index contributed by atoms with van der Waals surface area (Å²) in [5.41, 5.74) is 0.719. The van der Waals surface area contributed by atoms with Crippen LogP contribution in [0.1, 0.15) is 0 Å². The minimum atomic E-state index is 0.719. The number of hydrogen-bond acceptors (Lipinski definition) is 3. The molecule has 0 amide bonds. The van der Waals surface area contributed by atoms with Gasteiger partial charge in [0, 0.05) is 12.4 Å². The van der Waals surface area contributed by atoms with Crippen LogP contribution in [0.25, 0.3) is 11.0 Å². The van der Waals surface area contributed by atoms with Crippen molar-refractivity contribution in [3.05, 3.63) is 30.6 Å². The van der Waals surface area contributed by atoms with E-state index in [4.69, 9.17) is 4.74 Å². The fourth-order valence-electron chi connectivity index (χ4n) is 1.14. The lowest BCUT2D eigenvalue weighted by molar-refractivity contribution is 0.419. The molecule has 0 aliphatic carbocycles. The van der Waals surface area contributed by atoms with Crippen LogP contribution in [-0.2, 0) is 0 Å². The molecule has 0 aliphatic rings. The first-order valence-corrected chi connectivity index (χ1v) is 3.65. The highest BCUT2D eigenvalue weighted by Gasteiger charge is 1.99. The van der Waals surface area contributed by atoms with Crippen LogP contribution in [0.15, 0.2) is 30.6 Å². The van der Waals surface area contributed by atoms with E-state index in [-0.39, 0.29) is 0 Å². The lowest BCUT2D eigenvalue weighted by atomic mass is 10.3. The second kappa shape index (κ2) is 2.77. The average Bonchev–Trinajstić information content (AvgIpc) is 2.17. The van der Waals surface area contributed by atoms with E-state index in [0.717, 1.165) is 16.8 Å². The SMILES string of the molecule is COc1ccnc2ncccc12. The highest BCUT2D eigenvalue weighted by Crippen LogP contribution is 2.20. The van der Waals surface area contributed by atoms with Crippen molar-refractivity contribution >= 4 is 11.0 Å². The van der Waals surface area contributed by atoms with Gasteiger partial charge in [0.2, 0.25) is 0 Å². The normalized spacial score (nSPS) is 10.1. The standard InChI is InChI=1S/C9H8N2O/c1-12-8-4-6-11-9-7(8)3-2-5-10-9/h2-6H,1H3. The Kier molecular flexibility index (Phi) is 1.63. The molecule has 3 nitrogen and oxygen atoms in total. The quantitative estimate of drug-likeness (QED) is 0.636. The van der Waals surface area contributed by atoms with Gasteiger partial charge in [0.1, 0.15) is 5.75 Å². The Labute approximate surface area is 70.0 Å². The molecule has 2 aromatic heterocycles. The average molecular weight is 160 g/mol. The Morgan fingerprint density at radius 1 is 1.17 bits per heavy atom. The van der Waals surface area contributed by atoms with Gasteiger partial charge in [-0.1, -0.05) is 0 Å². The van der Waals surface area contributed by atoms with Crippen molar-refractivity contribution in [2.75, 3.05) is 7.11 Å². The van der Waals surface area contributed by atoms with Gasteiger partial charge in [-0.25, -0.2) is 9.97 Å². The number of nitrogens with zero attached hydrogens (tertiary/aromatic N) is 2. The van der Waals surface area contributed by atoms with Crippen LogP contribution in [0.5, 0.6) is 5.75 Å². The molecule has 60 valence electrons. The number of pyridine rings is 2. The van der Waals surface area contributed by atoms with Gasteiger partial charge in [-0.2, -0.15) is 0 Å². The monoisotopic (exact) mass is 160 g/mol. The fraction of sp³-hybridized carbons (Fsp3) is 0.111. The maximum absolute atomic E-state index is 5.15. The third-order valence-corrected chi connectivity index (χ3v) is 1.69. The smallest absolute Gasteiger partial charge is 0.162 e. The summed E-state index contributed by atoms with van der Waals surface area (Å²) in [5.74, 6) is 0.813. The molecular weight excluding hydrogens is 152 g/mol. The molecule has 0 aromatic carbocycles. The first kappa shape index (κ1) is 7.03. The van der Waals surface area contributed by atoms with E-state index in [2.05, 4.69) is 9.97 Å². The summed E-state index contributed by atoms with van der Waals surface area (Å²) >= 11 is 0. The molecule has 0 atom stereocenters. The van der Waals surface area contributed by atoms with Gasteiger partial charge in [0.15, 0.2) is 5.65 Å². The van der Waals surface area contributed by atoms with E-state index in [1.54, 1.807) is 19.5 Å². The van der Waals surface area contributed by atoms with Crippen molar-refractivity contribution in [3.63, 3.8) is 0 Å². The van der Waals surface area contributed by atoms with E-state index in [1.165, 1.54) is 0 Å². The van der Waals surface area contributed by atoms with Crippen molar-refractivity contribution < 1.29 is 4.74 Å². The van der Waals surface area contributed by atoms with Gasteiger partial charge in [-0.3, -0.25) is 0 Å². The second-order valence-corrected chi connectivity index (χ2v) is 2.39. The zero-order chi connectivity index (χ0) is 8.39. The summed E-state index contributed by atoms with van der Waals surface area (Å²) in [7, 11) is 1.64. The lowest BCUT2D eigenvalue weighted by Gasteiger charge is -2.01. The fourth-order valence-corrected chi connectivity index (χ4v) is 1.14. The molecule has 3 heteroatoms. The number of fused-ring (bicyclic) bond motifs is 1. The molecule has 0 fully saturated rings. The summed E-state index contributed by atoms with van der Waals surface area (Å²) in [5, 5.41) is 0.947. The minimum absolute atomic E-state index is 0.719. The van der Waals surface area contributed by atoms with E-state index < -0.39 is 0 Å². The van der Waals surface area contributed by atoms with E-state index in [9.17, 15) is 0 Å². The number of aromatic nitrogens is 2. The zero-order valence-electron chi connectivity index (χ0n) is 6.69. The van der Waals surface area contributed by atoms with Crippen LogP contribution in [0, 0.1) is 0 Å². The summed E-state index contributed by atoms with van der Waals surface area (Å²) < 4.78 is 5.15. The van der Waals surface area contributed by atoms with Gasteiger partial charge in [0.05, 0.1) is 12.5 Å². The summed E-state index contributed by atoms with van der Waals surface area (Å²) in [4.78, 5) is 8.20. The maximum atomic E-state index is 5.15. The Balaban J connectivity index is 2.79. The molecule has 2 rings (SSSR count). The predicted octanol–water partition coefficient (Wildman–Crippen LogP) is 1.64. The van der Waals surface area contributed by atoms with E-state index in [0.29, 0.717) is 0 Å². The second-order valence-electron chi connectivity index (χ2n) is 2.39. The van der Waals surface area contributed by atoms with Crippen molar-refractivity contribution in [1.82, 2.24) is 9.97 Å². The molecule has 0 bridgehead atoms. The molecule has 0 aliphatic heterocycles. The Morgan fingerprint density at radius 2 is 2.00 bits per heavy atom. The first-order valence-electron chi connectivity index (χ1n) is 3.65. The van der Waals surface area contributed by atoms with E-state index >= 15 is 0 Å². The highest BCUT2D eigenvalue weighted by atomic mass is 16.5. The Hall–Kier alpha value is -1.64. The zero-order valence-corrected chi connectivity index (χ0v) is 6.69. The van der Waals surface area contributed by atoms with Gasteiger partial charge >= 0.3 is 0 Å².